The summed E-state index contributed by atoms with van der Waals surface area (Å²) in [7, 11) is 1.39. The van der Waals surface area contributed by atoms with Gasteiger partial charge >= 0.3 is 6.09 Å². The molecule has 0 unspecified atom stereocenters. The quantitative estimate of drug-likeness (QED) is 0.755. The van der Waals surface area contributed by atoms with Gasteiger partial charge in [-0.3, -0.25) is 9.69 Å². The first-order valence-corrected chi connectivity index (χ1v) is 8.56. The van der Waals surface area contributed by atoms with Crippen LogP contribution in [0.1, 0.15) is 5.56 Å². The fourth-order valence-electron chi connectivity index (χ4n) is 2.87. The van der Waals surface area contributed by atoms with E-state index in [2.05, 4.69) is 10.2 Å². The molecule has 8 nitrogen and oxygen atoms in total. The van der Waals surface area contributed by atoms with Crippen molar-refractivity contribution in [2.24, 2.45) is 0 Å². The van der Waals surface area contributed by atoms with Crippen molar-refractivity contribution in [2.75, 3.05) is 53.2 Å². The van der Waals surface area contributed by atoms with E-state index < -0.39 is 0 Å². The second-order valence-corrected chi connectivity index (χ2v) is 6.04. The molecule has 0 bridgehead atoms. The van der Waals surface area contributed by atoms with E-state index in [4.69, 9.17) is 14.2 Å². The Labute approximate surface area is 164 Å². The largest absolute Gasteiger partial charge is 0.454 e. The highest BCUT2D eigenvalue weighted by molar-refractivity contribution is 5.91. The van der Waals surface area contributed by atoms with E-state index in [1.165, 1.54) is 13.2 Å². The number of fused-ring (bicyclic) bond motifs is 1. The number of hydrogen-bond donors (Lipinski definition) is 1. The average Bonchev–Trinajstić information content (AvgIpc) is 3.14. The Hall–Kier alpha value is -2.45. The summed E-state index contributed by atoms with van der Waals surface area (Å²) in [5.41, 5.74) is 0.878. The van der Waals surface area contributed by atoms with Crippen molar-refractivity contribution >= 4 is 30.5 Å². The molecule has 1 saturated heterocycles. The third kappa shape index (κ3) is 5.77. The molecular weight excluding hydrogens is 374 g/mol. The standard InChI is InChI=1S/C18H23N3O5.ClH/c1-24-18(23)21-10-8-20(9-11-21)7-6-19-17(22)5-3-14-2-4-15-16(12-14)26-13-25-15;/h2-5,12H,6-11,13H2,1H3,(H,19,22);1H/b5-3+;. The molecule has 2 heterocycles. The van der Waals surface area contributed by atoms with Crippen LogP contribution in [0.5, 0.6) is 11.5 Å². The number of methoxy groups -OCH3 is 1. The molecular formula is C18H24ClN3O5. The summed E-state index contributed by atoms with van der Waals surface area (Å²) in [5, 5.41) is 2.87. The monoisotopic (exact) mass is 397 g/mol. The lowest BCUT2D eigenvalue weighted by molar-refractivity contribution is -0.116. The first kappa shape index (κ1) is 20.9. The molecule has 0 aliphatic carbocycles. The second-order valence-electron chi connectivity index (χ2n) is 6.04. The van der Waals surface area contributed by atoms with Crippen molar-refractivity contribution < 1.29 is 23.8 Å². The number of nitrogens with one attached hydrogen (secondary N) is 1. The van der Waals surface area contributed by atoms with E-state index in [-0.39, 0.29) is 31.2 Å². The molecule has 0 saturated carbocycles. The highest BCUT2D eigenvalue weighted by Gasteiger charge is 2.20. The minimum Gasteiger partial charge on any atom is -0.454 e. The average molecular weight is 398 g/mol. The molecule has 3 rings (SSSR count). The molecule has 27 heavy (non-hydrogen) atoms. The Balaban J connectivity index is 0.00000261. The van der Waals surface area contributed by atoms with E-state index in [0.29, 0.717) is 25.4 Å². The third-order valence-electron chi connectivity index (χ3n) is 4.36. The Morgan fingerprint density at radius 1 is 1.19 bits per heavy atom. The molecule has 0 atom stereocenters. The molecule has 2 aliphatic heterocycles. The lowest BCUT2D eigenvalue weighted by atomic mass is 10.2. The lowest BCUT2D eigenvalue weighted by Crippen LogP contribution is -2.50. The predicted molar refractivity (Wildman–Crippen MR) is 102 cm³/mol. The number of halogens is 1. The van der Waals surface area contributed by atoms with Gasteiger partial charge < -0.3 is 24.4 Å². The fourth-order valence-corrected chi connectivity index (χ4v) is 2.87. The number of benzene rings is 1. The van der Waals surface area contributed by atoms with Crippen molar-refractivity contribution in [1.82, 2.24) is 15.1 Å². The van der Waals surface area contributed by atoms with E-state index in [1.54, 1.807) is 11.0 Å². The van der Waals surface area contributed by atoms with Gasteiger partial charge in [0.15, 0.2) is 11.5 Å². The molecule has 1 aromatic rings. The summed E-state index contributed by atoms with van der Waals surface area (Å²) in [5.74, 6) is 1.27. The zero-order valence-electron chi connectivity index (χ0n) is 15.2. The van der Waals surface area contributed by atoms with Crippen LogP contribution in [-0.4, -0.2) is 75.0 Å². The molecule has 1 aromatic carbocycles. The molecule has 2 amide bonds. The van der Waals surface area contributed by atoms with E-state index in [1.807, 2.05) is 18.2 Å². The van der Waals surface area contributed by atoms with Crippen molar-refractivity contribution in [3.8, 4) is 11.5 Å². The van der Waals surface area contributed by atoms with Gasteiger partial charge in [0.05, 0.1) is 7.11 Å². The number of carbonyl (C=O) groups excluding carboxylic acids is 2. The van der Waals surface area contributed by atoms with Crippen molar-refractivity contribution in [3.63, 3.8) is 0 Å². The number of piperazine rings is 1. The van der Waals surface area contributed by atoms with Crippen LogP contribution < -0.4 is 14.8 Å². The molecule has 148 valence electrons. The highest BCUT2D eigenvalue weighted by Crippen LogP contribution is 2.32. The Morgan fingerprint density at radius 2 is 1.93 bits per heavy atom. The van der Waals surface area contributed by atoms with E-state index in [9.17, 15) is 9.59 Å². The Bertz CT molecular complexity index is 690. The first-order valence-electron chi connectivity index (χ1n) is 8.56. The minimum absolute atomic E-state index is 0. The fraction of sp³-hybridized carbons (Fsp3) is 0.444. The SMILES string of the molecule is COC(=O)N1CCN(CCNC(=O)/C=C/c2ccc3c(c2)OCO3)CC1.Cl. The summed E-state index contributed by atoms with van der Waals surface area (Å²) in [6.07, 6.45) is 2.96. The molecule has 1 fully saturated rings. The normalized spacial score (nSPS) is 16.1. The number of rotatable bonds is 5. The van der Waals surface area contributed by atoms with Gasteiger partial charge in [-0.1, -0.05) is 6.07 Å². The maximum Gasteiger partial charge on any atom is 0.409 e. The van der Waals surface area contributed by atoms with E-state index in [0.717, 1.165) is 30.9 Å². The Morgan fingerprint density at radius 3 is 2.67 bits per heavy atom. The molecule has 9 heteroatoms. The van der Waals surface area contributed by atoms with Gasteiger partial charge in [0.1, 0.15) is 0 Å². The highest BCUT2D eigenvalue weighted by atomic mass is 35.5. The van der Waals surface area contributed by atoms with Crippen molar-refractivity contribution in [2.45, 2.75) is 0 Å². The van der Waals surface area contributed by atoms with Crippen LogP contribution in [0, 0.1) is 0 Å². The zero-order valence-corrected chi connectivity index (χ0v) is 16.0. The van der Waals surface area contributed by atoms with Gasteiger partial charge in [0, 0.05) is 45.3 Å². The van der Waals surface area contributed by atoms with Crippen LogP contribution in [0.3, 0.4) is 0 Å². The number of amides is 2. The van der Waals surface area contributed by atoms with Crippen molar-refractivity contribution in [1.29, 1.82) is 0 Å². The molecule has 0 spiro atoms. The maximum absolute atomic E-state index is 11.9. The van der Waals surface area contributed by atoms with Crippen LogP contribution in [0.2, 0.25) is 0 Å². The summed E-state index contributed by atoms with van der Waals surface area (Å²) in [6, 6.07) is 5.54. The van der Waals surface area contributed by atoms with Crippen molar-refractivity contribution in [3.05, 3.63) is 29.8 Å². The topological polar surface area (TPSA) is 80.3 Å². The molecule has 1 N–H and O–H groups in total. The van der Waals surface area contributed by atoms with Gasteiger partial charge in [-0.2, -0.15) is 0 Å². The summed E-state index contributed by atoms with van der Waals surface area (Å²) in [4.78, 5) is 27.3. The minimum atomic E-state index is -0.286. The van der Waals surface area contributed by atoms with Gasteiger partial charge in [0.2, 0.25) is 12.7 Å². The third-order valence-corrected chi connectivity index (χ3v) is 4.36. The number of hydrogen-bond acceptors (Lipinski definition) is 6. The lowest BCUT2D eigenvalue weighted by Gasteiger charge is -2.33. The summed E-state index contributed by atoms with van der Waals surface area (Å²) >= 11 is 0. The van der Waals surface area contributed by atoms with E-state index >= 15 is 0 Å². The molecule has 0 aromatic heterocycles. The second kappa shape index (κ2) is 10.0. The number of carbonyl (C=O) groups is 2. The van der Waals surface area contributed by atoms with Crippen LogP contribution in [0.25, 0.3) is 6.08 Å². The first-order chi connectivity index (χ1) is 12.7. The summed E-state index contributed by atoms with van der Waals surface area (Å²) < 4.78 is 15.3. The van der Waals surface area contributed by atoms with Gasteiger partial charge in [0.25, 0.3) is 0 Å². The zero-order chi connectivity index (χ0) is 18.4. The van der Waals surface area contributed by atoms with Gasteiger partial charge in [-0.15, -0.1) is 12.4 Å². The Kier molecular flexibility index (Phi) is 7.75. The maximum atomic E-state index is 11.9. The summed E-state index contributed by atoms with van der Waals surface area (Å²) in [6.45, 7) is 4.38. The van der Waals surface area contributed by atoms with Crippen LogP contribution in [0.4, 0.5) is 4.79 Å². The van der Waals surface area contributed by atoms with Gasteiger partial charge in [-0.05, 0) is 23.8 Å². The van der Waals surface area contributed by atoms with Gasteiger partial charge in [-0.25, -0.2) is 4.79 Å². The molecule has 2 aliphatic rings. The smallest absolute Gasteiger partial charge is 0.409 e. The number of ether oxygens (including phenoxy) is 3. The molecule has 0 radical (unpaired) electrons. The van der Waals surface area contributed by atoms with Crippen LogP contribution >= 0.6 is 12.4 Å². The predicted octanol–water partition coefficient (Wildman–Crippen LogP) is 1.35. The van der Waals surface area contributed by atoms with Crippen LogP contribution in [-0.2, 0) is 9.53 Å². The number of nitrogens with zero attached hydrogens (tertiary/aromatic N) is 2. The van der Waals surface area contributed by atoms with Crippen LogP contribution in [0.15, 0.2) is 24.3 Å².